The summed E-state index contributed by atoms with van der Waals surface area (Å²) in [5.41, 5.74) is 7.87. The fourth-order valence-electron chi connectivity index (χ4n) is 4.76. The summed E-state index contributed by atoms with van der Waals surface area (Å²) in [5, 5.41) is 7.15. The fourth-order valence-corrected chi connectivity index (χ4v) is 5.73. The minimum Gasteiger partial charge on any atom is -0.355 e. The van der Waals surface area contributed by atoms with Crippen molar-refractivity contribution in [1.29, 1.82) is 0 Å². The zero-order chi connectivity index (χ0) is 23.2. The van der Waals surface area contributed by atoms with Crippen molar-refractivity contribution in [3.63, 3.8) is 0 Å². The fraction of sp³-hybridized carbons (Fsp3) is 0. The largest absolute Gasteiger partial charge is 0.355 e. The number of benzene rings is 5. The van der Waals surface area contributed by atoms with E-state index in [2.05, 4.69) is 125 Å². The van der Waals surface area contributed by atoms with Crippen molar-refractivity contribution in [2.45, 2.75) is 0 Å². The summed E-state index contributed by atoms with van der Waals surface area (Å²) in [6.45, 7) is 0. The molecule has 7 rings (SSSR count). The van der Waals surface area contributed by atoms with Gasteiger partial charge < -0.3 is 9.88 Å². The number of nitrogens with one attached hydrogen (secondary N) is 1. The monoisotopic (exact) mass is 467 g/mol. The molecule has 0 saturated heterocycles. The Bertz CT molecular complexity index is 1780. The van der Waals surface area contributed by atoms with Crippen molar-refractivity contribution in [2.24, 2.45) is 0 Å². The molecule has 0 radical (unpaired) electrons. The lowest BCUT2D eigenvalue weighted by atomic mass is 10.1. The maximum absolute atomic E-state index is 4.79. The van der Waals surface area contributed by atoms with Crippen molar-refractivity contribution < 1.29 is 0 Å². The van der Waals surface area contributed by atoms with Gasteiger partial charge in [0.25, 0.3) is 0 Å². The van der Waals surface area contributed by atoms with Gasteiger partial charge in [0, 0.05) is 33.4 Å². The predicted octanol–water partition coefficient (Wildman–Crippen LogP) is 8.80. The van der Waals surface area contributed by atoms with E-state index < -0.39 is 0 Å². The van der Waals surface area contributed by atoms with E-state index in [1.165, 1.54) is 26.5 Å². The molecule has 35 heavy (non-hydrogen) atoms. The summed E-state index contributed by atoms with van der Waals surface area (Å²) in [6.07, 6.45) is 0. The molecule has 0 aliphatic carbocycles. The van der Waals surface area contributed by atoms with Gasteiger partial charge in [-0.25, -0.2) is 4.98 Å². The van der Waals surface area contributed by atoms with Crippen LogP contribution in [0.25, 0.3) is 48.3 Å². The Morgan fingerprint density at radius 2 is 1.31 bits per heavy atom. The van der Waals surface area contributed by atoms with Gasteiger partial charge in [-0.1, -0.05) is 54.6 Å². The lowest BCUT2D eigenvalue weighted by Gasteiger charge is -2.10. The van der Waals surface area contributed by atoms with Crippen LogP contribution in [0.15, 0.2) is 121 Å². The van der Waals surface area contributed by atoms with Crippen LogP contribution in [0.4, 0.5) is 11.4 Å². The minimum absolute atomic E-state index is 1.05. The Kier molecular flexibility index (Phi) is 4.64. The molecule has 0 fully saturated rings. The Balaban J connectivity index is 1.26. The molecule has 166 valence electrons. The van der Waals surface area contributed by atoms with Crippen molar-refractivity contribution in [2.75, 3.05) is 5.32 Å². The van der Waals surface area contributed by atoms with E-state index >= 15 is 0 Å². The average molecular weight is 468 g/mol. The summed E-state index contributed by atoms with van der Waals surface area (Å²) in [6, 6.07) is 42.6. The van der Waals surface area contributed by atoms with Crippen LogP contribution in [0.5, 0.6) is 0 Å². The molecule has 0 aliphatic rings. The Hall–Kier alpha value is -4.41. The molecule has 0 unspecified atom stereocenters. The second-order valence-electron chi connectivity index (χ2n) is 8.61. The lowest BCUT2D eigenvalue weighted by Crippen LogP contribution is -1.94. The van der Waals surface area contributed by atoms with Gasteiger partial charge in [0.2, 0.25) is 0 Å². The lowest BCUT2D eigenvalue weighted by molar-refractivity contribution is 1.18. The zero-order valence-corrected chi connectivity index (χ0v) is 19.7. The first-order chi connectivity index (χ1) is 17.3. The predicted molar refractivity (Wildman–Crippen MR) is 149 cm³/mol. The van der Waals surface area contributed by atoms with Crippen LogP contribution in [-0.2, 0) is 0 Å². The molecule has 1 N–H and O–H groups in total. The summed E-state index contributed by atoms with van der Waals surface area (Å²) >= 11 is 1.73. The molecule has 0 amide bonds. The SMILES string of the molecule is c1ccc(-n2c3ccccc3c3ccc(Nc4ccc(-c5nc6ccccc6s5)cc4)cc32)cc1. The molecule has 0 bridgehead atoms. The average Bonchev–Trinajstić information content (AvgIpc) is 3.49. The number of fused-ring (bicyclic) bond motifs is 4. The van der Waals surface area contributed by atoms with E-state index in [1.54, 1.807) is 11.3 Å². The molecular formula is C31H21N3S. The molecular weight excluding hydrogens is 446 g/mol. The van der Waals surface area contributed by atoms with Gasteiger partial charge >= 0.3 is 0 Å². The summed E-state index contributed by atoms with van der Waals surface area (Å²) in [5.74, 6) is 0. The van der Waals surface area contributed by atoms with Crippen LogP contribution >= 0.6 is 11.3 Å². The van der Waals surface area contributed by atoms with Gasteiger partial charge in [0.15, 0.2) is 0 Å². The van der Waals surface area contributed by atoms with Gasteiger partial charge in [0.05, 0.1) is 21.3 Å². The maximum atomic E-state index is 4.79. The third-order valence-electron chi connectivity index (χ3n) is 6.40. The Morgan fingerprint density at radius 3 is 2.17 bits per heavy atom. The van der Waals surface area contributed by atoms with Crippen molar-refractivity contribution in [1.82, 2.24) is 9.55 Å². The van der Waals surface area contributed by atoms with Gasteiger partial charge in [0.1, 0.15) is 5.01 Å². The molecule has 2 aromatic heterocycles. The third-order valence-corrected chi connectivity index (χ3v) is 7.49. The number of aromatic nitrogens is 2. The summed E-state index contributed by atoms with van der Waals surface area (Å²) in [4.78, 5) is 4.79. The van der Waals surface area contributed by atoms with Crippen LogP contribution < -0.4 is 5.32 Å². The van der Waals surface area contributed by atoms with E-state index in [-0.39, 0.29) is 0 Å². The van der Waals surface area contributed by atoms with E-state index in [0.717, 1.165) is 33.1 Å². The third kappa shape index (κ3) is 3.47. The van der Waals surface area contributed by atoms with E-state index in [0.29, 0.717) is 0 Å². The minimum atomic E-state index is 1.05. The first kappa shape index (κ1) is 20.0. The number of hydrogen-bond donors (Lipinski definition) is 1. The number of anilines is 2. The highest BCUT2D eigenvalue weighted by molar-refractivity contribution is 7.21. The van der Waals surface area contributed by atoms with Crippen LogP contribution in [0, 0.1) is 0 Å². The van der Waals surface area contributed by atoms with Gasteiger partial charge in [-0.05, 0) is 66.7 Å². The van der Waals surface area contributed by atoms with Crippen LogP contribution in [-0.4, -0.2) is 9.55 Å². The number of nitrogens with zero attached hydrogens (tertiary/aromatic N) is 2. The van der Waals surface area contributed by atoms with E-state index in [4.69, 9.17) is 4.98 Å². The topological polar surface area (TPSA) is 29.9 Å². The molecule has 0 spiro atoms. The van der Waals surface area contributed by atoms with Crippen molar-refractivity contribution in [3.8, 4) is 16.3 Å². The maximum Gasteiger partial charge on any atom is 0.124 e. The molecule has 2 heterocycles. The van der Waals surface area contributed by atoms with Gasteiger partial charge in [-0.15, -0.1) is 11.3 Å². The van der Waals surface area contributed by atoms with Gasteiger partial charge in [-0.2, -0.15) is 0 Å². The molecule has 0 atom stereocenters. The van der Waals surface area contributed by atoms with E-state index in [9.17, 15) is 0 Å². The molecule has 7 aromatic rings. The first-order valence-corrected chi connectivity index (χ1v) is 12.5. The second kappa shape index (κ2) is 8.12. The highest BCUT2D eigenvalue weighted by atomic mass is 32.1. The second-order valence-corrected chi connectivity index (χ2v) is 9.64. The standard InChI is InChI=1S/C31H21N3S/c1-2-8-24(9-3-1)34-28-12-6-4-10-25(28)26-19-18-23(20-29(26)34)32-22-16-14-21(15-17-22)31-33-27-11-5-7-13-30(27)35-31/h1-20,32H. The first-order valence-electron chi connectivity index (χ1n) is 11.7. The molecule has 3 nitrogen and oxygen atoms in total. The molecule has 4 heteroatoms. The smallest absolute Gasteiger partial charge is 0.124 e. The van der Waals surface area contributed by atoms with Crippen molar-refractivity contribution >= 4 is 54.7 Å². The summed E-state index contributed by atoms with van der Waals surface area (Å²) in [7, 11) is 0. The van der Waals surface area contributed by atoms with Crippen LogP contribution in [0.2, 0.25) is 0 Å². The van der Waals surface area contributed by atoms with E-state index in [1.807, 2.05) is 6.07 Å². The van der Waals surface area contributed by atoms with Crippen LogP contribution in [0.3, 0.4) is 0 Å². The number of thiazole rings is 1. The molecule has 0 saturated carbocycles. The molecule has 5 aromatic carbocycles. The number of para-hydroxylation sites is 3. The Labute approximate surface area is 206 Å². The highest BCUT2D eigenvalue weighted by Gasteiger charge is 2.12. The molecule has 0 aliphatic heterocycles. The van der Waals surface area contributed by atoms with Crippen LogP contribution in [0.1, 0.15) is 0 Å². The van der Waals surface area contributed by atoms with Crippen molar-refractivity contribution in [3.05, 3.63) is 121 Å². The zero-order valence-electron chi connectivity index (χ0n) is 18.8. The normalized spacial score (nSPS) is 11.4. The van der Waals surface area contributed by atoms with Gasteiger partial charge in [-0.3, -0.25) is 0 Å². The highest BCUT2D eigenvalue weighted by Crippen LogP contribution is 2.35. The number of hydrogen-bond acceptors (Lipinski definition) is 3. The Morgan fingerprint density at radius 1 is 0.600 bits per heavy atom. The number of rotatable bonds is 4. The quantitative estimate of drug-likeness (QED) is 0.280. The summed E-state index contributed by atoms with van der Waals surface area (Å²) < 4.78 is 3.55.